The van der Waals surface area contributed by atoms with Crippen molar-refractivity contribution >= 4 is 11.9 Å². The number of ether oxygens (including phenoxy) is 2. The fourth-order valence-corrected chi connectivity index (χ4v) is 0.888. The van der Waals surface area contributed by atoms with Crippen LogP contribution in [0.1, 0.15) is 48.0 Å². The Balaban J connectivity index is 4.01. The van der Waals surface area contributed by atoms with Crippen LogP contribution in [0.5, 0.6) is 0 Å². The molecule has 100 valence electrons. The second-order valence-electron chi connectivity index (χ2n) is 5.05. The van der Waals surface area contributed by atoms with Crippen molar-refractivity contribution in [3.05, 3.63) is 0 Å². The van der Waals surface area contributed by atoms with Gasteiger partial charge in [0.05, 0.1) is 0 Å². The third kappa shape index (κ3) is 6.97. The molecule has 0 aromatic rings. The molecule has 0 saturated heterocycles. The predicted octanol–water partition coefficient (Wildman–Crippen LogP) is 2.55. The fraction of sp³-hybridized carbons (Fsp3) is 0.846. The van der Waals surface area contributed by atoms with Crippen molar-refractivity contribution in [2.45, 2.75) is 60.2 Å². The van der Waals surface area contributed by atoms with Crippen molar-refractivity contribution in [1.29, 1.82) is 0 Å². The number of rotatable bonds is 6. The van der Waals surface area contributed by atoms with Crippen molar-refractivity contribution in [3.8, 4) is 0 Å². The molecule has 4 heteroatoms. The second kappa shape index (κ2) is 7.30. The summed E-state index contributed by atoms with van der Waals surface area (Å²) in [5.74, 6) is -0.562. The summed E-state index contributed by atoms with van der Waals surface area (Å²) >= 11 is 0. The van der Waals surface area contributed by atoms with Gasteiger partial charge in [0.25, 0.3) is 0 Å². The lowest BCUT2D eigenvalue weighted by atomic mass is 10.1. The summed E-state index contributed by atoms with van der Waals surface area (Å²) in [6.07, 6.45) is -0.677. The minimum absolute atomic E-state index is 0.183. The van der Waals surface area contributed by atoms with Gasteiger partial charge in [-0.3, -0.25) is 9.59 Å². The van der Waals surface area contributed by atoms with Crippen LogP contribution in [0.4, 0.5) is 0 Å². The Morgan fingerprint density at radius 3 is 1.29 bits per heavy atom. The Morgan fingerprint density at radius 2 is 1.06 bits per heavy atom. The van der Waals surface area contributed by atoms with Gasteiger partial charge in [0.15, 0.2) is 0 Å². The van der Waals surface area contributed by atoms with Crippen molar-refractivity contribution in [3.63, 3.8) is 0 Å². The summed E-state index contributed by atoms with van der Waals surface area (Å²) in [6.45, 7) is 11.4. The van der Waals surface area contributed by atoms with Crippen LogP contribution in [-0.4, -0.2) is 24.1 Å². The smallest absolute Gasteiger partial charge is 0.317 e. The Hall–Kier alpha value is -1.06. The Morgan fingerprint density at radius 1 is 0.765 bits per heavy atom. The third-order valence-corrected chi connectivity index (χ3v) is 2.80. The van der Waals surface area contributed by atoms with Crippen LogP contribution in [0.25, 0.3) is 0 Å². The summed E-state index contributed by atoms with van der Waals surface area (Å²) in [6, 6.07) is 0. The lowest BCUT2D eigenvalue weighted by Gasteiger charge is -2.18. The van der Waals surface area contributed by atoms with E-state index in [1.807, 2.05) is 41.5 Å². The van der Waals surface area contributed by atoms with Crippen LogP contribution >= 0.6 is 0 Å². The standard InChI is InChI=1S/C13H24O4/c1-8(2)10(5)16-12(14)7-13(15)17-11(6)9(3)4/h8-11H,7H2,1-6H3. The molecule has 2 atom stereocenters. The van der Waals surface area contributed by atoms with Crippen LogP contribution in [0.3, 0.4) is 0 Å². The molecular weight excluding hydrogens is 220 g/mol. The lowest BCUT2D eigenvalue weighted by molar-refractivity contribution is -0.161. The average Bonchev–Trinajstić information content (AvgIpc) is 2.16. The highest BCUT2D eigenvalue weighted by atomic mass is 16.6. The molecule has 0 heterocycles. The molecular formula is C13H24O4. The molecule has 0 bridgehead atoms. The fourth-order valence-electron chi connectivity index (χ4n) is 0.888. The van der Waals surface area contributed by atoms with Gasteiger partial charge in [-0.1, -0.05) is 27.7 Å². The van der Waals surface area contributed by atoms with Crippen LogP contribution in [-0.2, 0) is 19.1 Å². The SMILES string of the molecule is CC(C)C(C)OC(=O)CC(=O)OC(C)C(C)C. The number of carbonyl (C=O) groups excluding carboxylic acids is 2. The molecule has 17 heavy (non-hydrogen) atoms. The summed E-state index contributed by atoms with van der Waals surface area (Å²) < 4.78 is 10.2. The van der Waals surface area contributed by atoms with Crippen LogP contribution in [0.15, 0.2) is 0 Å². The first kappa shape index (κ1) is 15.9. The van der Waals surface area contributed by atoms with Gasteiger partial charge in [-0.15, -0.1) is 0 Å². The first-order valence-corrected chi connectivity index (χ1v) is 6.13. The van der Waals surface area contributed by atoms with Gasteiger partial charge in [-0.25, -0.2) is 0 Å². The summed E-state index contributed by atoms with van der Waals surface area (Å²) in [7, 11) is 0. The molecule has 0 radical (unpaired) electrons. The van der Waals surface area contributed by atoms with Gasteiger partial charge in [-0.05, 0) is 25.7 Å². The maximum absolute atomic E-state index is 11.4. The first-order chi connectivity index (χ1) is 7.73. The number of hydrogen-bond acceptors (Lipinski definition) is 4. The van der Waals surface area contributed by atoms with E-state index in [-0.39, 0.29) is 30.5 Å². The lowest BCUT2D eigenvalue weighted by Crippen LogP contribution is -2.25. The van der Waals surface area contributed by atoms with E-state index in [1.165, 1.54) is 0 Å². The quantitative estimate of drug-likeness (QED) is 0.532. The van der Waals surface area contributed by atoms with Gasteiger partial charge in [-0.2, -0.15) is 0 Å². The van der Waals surface area contributed by atoms with Crippen molar-refractivity contribution in [2.75, 3.05) is 0 Å². The van der Waals surface area contributed by atoms with E-state index >= 15 is 0 Å². The van der Waals surface area contributed by atoms with E-state index in [4.69, 9.17) is 9.47 Å². The minimum Gasteiger partial charge on any atom is -0.462 e. The highest BCUT2D eigenvalue weighted by Crippen LogP contribution is 2.09. The third-order valence-electron chi connectivity index (χ3n) is 2.80. The highest BCUT2D eigenvalue weighted by molar-refractivity contribution is 5.91. The zero-order valence-corrected chi connectivity index (χ0v) is 11.6. The second-order valence-corrected chi connectivity index (χ2v) is 5.05. The van der Waals surface area contributed by atoms with Crippen LogP contribution in [0.2, 0.25) is 0 Å². The summed E-state index contributed by atoms with van der Waals surface area (Å²) in [5.41, 5.74) is 0. The van der Waals surface area contributed by atoms with Crippen LogP contribution < -0.4 is 0 Å². The monoisotopic (exact) mass is 244 g/mol. The molecule has 4 nitrogen and oxygen atoms in total. The molecule has 0 aliphatic heterocycles. The van der Waals surface area contributed by atoms with Crippen molar-refractivity contribution < 1.29 is 19.1 Å². The largest absolute Gasteiger partial charge is 0.462 e. The normalized spacial score (nSPS) is 14.6. The molecule has 0 rings (SSSR count). The van der Waals surface area contributed by atoms with E-state index in [0.29, 0.717) is 0 Å². The number of carbonyl (C=O) groups is 2. The molecule has 0 N–H and O–H groups in total. The molecule has 0 aromatic carbocycles. The van der Waals surface area contributed by atoms with Gasteiger partial charge in [0.1, 0.15) is 18.6 Å². The van der Waals surface area contributed by atoms with E-state index in [9.17, 15) is 9.59 Å². The summed E-state index contributed by atoms with van der Waals surface area (Å²) in [5, 5.41) is 0. The maximum Gasteiger partial charge on any atom is 0.317 e. The van der Waals surface area contributed by atoms with Gasteiger partial charge < -0.3 is 9.47 Å². The van der Waals surface area contributed by atoms with E-state index < -0.39 is 11.9 Å². The maximum atomic E-state index is 11.4. The number of hydrogen-bond donors (Lipinski definition) is 0. The van der Waals surface area contributed by atoms with Gasteiger partial charge >= 0.3 is 11.9 Å². The Kier molecular flexibility index (Phi) is 6.85. The molecule has 0 fully saturated rings. The molecule has 0 aliphatic carbocycles. The molecule has 0 spiro atoms. The number of esters is 2. The zero-order chi connectivity index (χ0) is 13.6. The van der Waals surface area contributed by atoms with Gasteiger partial charge in [0, 0.05) is 0 Å². The van der Waals surface area contributed by atoms with Gasteiger partial charge in [0.2, 0.25) is 0 Å². The molecule has 0 saturated carbocycles. The molecule has 2 unspecified atom stereocenters. The molecule has 0 aliphatic rings. The zero-order valence-electron chi connectivity index (χ0n) is 11.6. The Labute approximate surface area is 104 Å². The van der Waals surface area contributed by atoms with E-state index in [2.05, 4.69) is 0 Å². The predicted molar refractivity (Wildman–Crippen MR) is 65.4 cm³/mol. The highest BCUT2D eigenvalue weighted by Gasteiger charge is 2.19. The van der Waals surface area contributed by atoms with Crippen molar-refractivity contribution in [1.82, 2.24) is 0 Å². The molecule has 0 amide bonds. The van der Waals surface area contributed by atoms with Crippen LogP contribution in [0, 0.1) is 11.8 Å². The minimum atomic E-state index is -0.521. The average molecular weight is 244 g/mol. The van der Waals surface area contributed by atoms with E-state index in [1.54, 1.807) is 0 Å². The van der Waals surface area contributed by atoms with E-state index in [0.717, 1.165) is 0 Å². The topological polar surface area (TPSA) is 52.6 Å². The Bertz CT molecular complexity index is 232. The summed E-state index contributed by atoms with van der Waals surface area (Å²) in [4.78, 5) is 22.8. The van der Waals surface area contributed by atoms with Crippen molar-refractivity contribution in [2.24, 2.45) is 11.8 Å². The molecule has 0 aromatic heterocycles. The first-order valence-electron chi connectivity index (χ1n) is 6.13.